The highest BCUT2D eigenvalue weighted by Gasteiger charge is 2.06. The summed E-state index contributed by atoms with van der Waals surface area (Å²) in [6.07, 6.45) is 2.67. The van der Waals surface area contributed by atoms with Crippen LogP contribution in [0.15, 0.2) is 52.5 Å². The van der Waals surface area contributed by atoms with Gasteiger partial charge < -0.3 is 20.1 Å². The highest BCUT2D eigenvalue weighted by atomic mass is 127. The average Bonchev–Trinajstić information content (AvgIpc) is 2.72. The number of aromatic nitrogens is 1. The van der Waals surface area contributed by atoms with Crippen molar-refractivity contribution < 1.29 is 13.9 Å². The Balaban J connectivity index is 0.00000420. The van der Waals surface area contributed by atoms with E-state index in [1.54, 1.807) is 44.2 Å². The number of thioether (sulfide) groups is 1. The van der Waals surface area contributed by atoms with Crippen molar-refractivity contribution in [3.63, 3.8) is 0 Å². The highest BCUT2D eigenvalue weighted by molar-refractivity contribution is 14.0. The molecule has 0 aliphatic carbocycles. The lowest BCUT2D eigenvalue weighted by Crippen LogP contribution is -2.37. The standard InChI is InChI=1S/C20H27FN4O2S.HI/c1-22-20(24-11-4-14-28-18-8-6-17(21)7-9-18)25-15-16-5-3-10-23-19(16)27-13-12-26-2;/h3,5-10H,4,11-15H2,1-2H3,(H2,22,24,25);1H. The lowest BCUT2D eigenvalue weighted by atomic mass is 10.2. The maximum atomic E-state index is 12.9. The number of hydrogen-bond donors (Lipinski definition) is 2. The summed E-state index contributed by atoms with van der Waals surface area (Å²) in [5.41, 5.74) is 0.952. The van der Waals surface area contributed by atoms with Crippen LogP contribution >= 0.6 is 35.7 Å². The fourth-order valence-electron chi connectivity index (χ4n) is 2.31. The second-order valence-electron chi connectivity index (χ2n) is 5.82. The molecule has 2 N–H and O–H groups in total. The van der Waals surface area contributed by atoms with Crippen molar-refractivity contribution in [2.75, 3.05) is 39.7 Å². The van der Waals surface area contributed by atoms with E-state index < -0.39 is 0 Å². The van der Waals surface area contributed by atoms with Gasteiger partial charge in [0.25, 0.3) is 0 Å². The SMILES string of the molecule is CN=C(NCCCSc1ccc(F)cc1)NCc1cccnc1OCCOC.I. The van der Waals surface area contributed by atoms with Gasteiger partial charge in [0.1, 0.15) is 12.4 Å². The van der Waals surface area contributed by atoms with E-state index in [1.807, 2.05) is 12.1 Å². The minimum absolute atomic E-state index is 0. The molecule has 6 nitrogen and oxygen atoms in total. The zero-order valence-electron chi connectivity index (χ0n) is 16.7. The monoisotopic (exact) mass is 534 g/mol. The van der Waals surface area contributed by atoms with Crippen LogP contribution in [0.5, 0.6) is 5.88 Å². The molecule has 0 fully saturated rings. The molecule has 9 heteroatoms. The quantitative estimate of drug-likeness (QED) is 0.151. The lowest BCUT2D eigenvalue weighted by molar-refractivity contribution is 0.143. The Hall–Kier alpha value is -1.59. The summed E-state index contributed by atoms with van der Waals surface area (Å²) in [7, 11) is 3.37. The van der Waals surface area contributed by atoms with Gasteiger partial charge in [-0.15, -0.1) is 35.7 Å². The van der Waals surface area contributed by atoms with Gasteiger partial charge in [-0.1, -0.05) is 6.07 Å². The molecule has 0 amide bonds. The number of pyridine rings is 1. The van der Waals surface area contributed by atoms with Gasteiger partial charge in [0, 0.05) is 43.9 Å². The molecule has 0 saturated heterocycles. The van der Waals surface area contributed by atoms with Crippen molar-refractivity contribution in [3.05, 3.63) is 54.0 Å². The van der Waals surface area contributed by atoms with Crippen LogP contribution in [0, 0.1) is 5.82 Å². The van der Waals surface area contributed by atoms with Gasteiger partial charge in [0.05, 0.1) is 6.61 Å². The zero-order valence-corrected chi connectivity index (χ0v) is 19.8. The summed E-state index contributed by atoms with van der Waals surface area (Å²) in [6.45, 7) is 2.32. The Morgan fingerprint density at radius 1 is 1.17 bits per heavy atom. The molecule has 1 heterocycles. The van der Waals surface area contributed by atoms with E-state index in [1.165, 1.54) is 12.1 Å². The third kappa shape index (κ3) is 10.1. The Morgan fingerprint density at radius 3 is 2.69 bits per heavy atom. The number of aliphatic imine (C=N–C) groups is 1. The van der Waals surface area contributed by atoms with Gasteiger partial charge >= 0.3 is 0 Å². The van der Waals surface area contributed by atoms with Crippen molar-refractivity contribution in [3.8, 4) is 5.88 Å². The molecular weight excluding hydrogens is 506 g/mol. The van der Waals surface area contributed by atoms with E-state index in [2.05, 4.69) is 20.6 Å². The van der Waals surface area contributed by atoms with Crippen LogP contribution in [0.25, 0.3) is 0 Å². The van der Waals surface area contributed by atoms with Gasteiger partial charge in [-0.05, 0) is 42.5 Å². The van der Waals surface area contributed by atoms with Crippen molar-refractivity contribution in [1.82, 2.24) is 15.6 Å². The fraction of sp³-hybridized carbons (Fsp3) is 0.400. The van der Waals surface area contributed by atoms with Gasteiger partial charge in [-0.3, -0.25) is 4.99 Å². The summed E-state index contributed by atoms with van der Waals surface area (Å²) < 4.78 is 23.5. The number of methoxy groups -OCH3 is 1. The van der Waals surface area contributed by atoms with Crippen LogP contribution < -0.4 is 15.4 Å². The molecular formula is C20H28FIN4O2S. The van der Waals surface area contributed by atoms with Crippen LogP contribution in [0.4, 0.5) is 4.39 Å². The minimum Gasteiger partial charge on any atom is -0.475 e. The summed E-state index contributed by atoms with van der Waals surface area (Å²) in [5, 5.41) is 6.56. The topological polar surface area (TPSA) is 67.8 Å². The Bertz CT molecular complexity index is 735. The second-order valence-corrected chi connectivity index (χ2v) is 6.99. The maximum Gasteiger partial charge on any atom is 0.218 e. The van der Waals surface area contributed by atoms with Crippen molar-refractivity contribution in [2.45, 2.75) is 17.9 Å². The minimum atomic E-state index is -0.207. The van der Waals surface area contributed by atoms with E-state index in [-0.39, 0.29) is 29.8 Å². The average molecular weight is 534 g/mol. The molecule has 29 heavy (non-hydrogen) atoms. The molecule has 0 bridgehead atoms. The Morgan fingerprint density at radius 2 is 1.97 bits per heavy atom. The Kier molecular flexibility index (Phi) is 13.4. The number of hydrogen-bond acceptors (Lipinski definition) is 5. The van der Waals surface area contributed by atoms with Crippen LogP contribution in [-0.2, 0) is 11.3 Å². The summed E-state index contributed by atoms with van der Waals surface area (Å²) in [6, 6.07) is 10.4. The first-order chi connectivity index (χ1) is 13.7. The smallest absolute Gasteiger partial charge is 0.218 e. The molecule has 0 aliphatic heterocycles. The number of benzene rings is 1. The van der Waals surface area contributed by atoms with E-state index in [9.17, 15) is 4.39 Å². The highest BCUT2D eigenvalue weighted by Crippen LogP contribution is 2.18. The molecule has 0 unspecified atom stereocenters. The van der Waals surface area contributed by atoms with Gasteiger partial charge in [0.2, 0.25) is 5.88 Å². The molecule has 2 rings (SSSR count). The zero-order chi connectivity index (χ0) is 20.0. The number of nitrogens with zero attached hydrogens (tertiary/aromatic N) is 2. The van der Waals surface area contributed by atoms with E-state index in [4.69, 9.17) is 9.47 Å². The molecule has 0 aliphatic rings. The predicted molar refractivity (Wildman–Crippen MR) is 127 cm³/mol. The molecule has 1 aromatic heterocycles. The molecule has 160 valence electrons. The molecule has 0 radical (unpaired) electrons. The largest absolute Gasteiger partial charge is 0.475 e. The summed E-state index contributed by atoms with van der Waals surface area (Å²) in [4.78, 5) is 9.58. The van der Waals surface area contributed by atoms with Crippen molar-refractivity contribution in [2.24, 2.45) is 4.99 Å². The first-order valence-electron chi connectivity index (χ1n) is 9.11. The van der Waals surface area contributed by atoms with Gasteiger partial charge in [-0.25, -0.2) is 9.37 Å². The number of rotatable bonds is 11. The first kappa shape index (κ1) is 25.4. The van der Waals surface area contributed by atoms with Gasteiger partial charge in [0.15, 0.2) is 5.96 Å². The predicted octanol–water partition coefficient (Wildman–Crippen LogP) is 3.71. The van der Waals surface area contributed by atoms with Crippen LogP contribution in [-0.4, -0.2) is 50.6 Å². The summed E-state index contributed by atoms with van der Waals surface area (Å²) >= 11 is 1.71. The van der Waals surface area contributed by atoms with E-state index in [0.717, 1.165) is 35.1 Å². The van der Waals surface area contributed by atoms with Crippen LogP contribution in [0.2, 0.25) is 0 Å². The van der Waals surface area contributed by atoms with Crippen LogP contribution in [0.1, 0.15) is 12.0 Å². The third-order valence-electron chi connectivity index (χ3n) is 3.74. The molecule has 1 aromatic carbocycles. The first-order valence-corrected chi connectivity index (χ1v) is 10.1. The maximum absolute atomic E-state index is 12.9. The normalized spacial score (nSPS) is 10.9. The number of guanidine groups is 1. The second kappa shape index (κ2) is 15.3. The van der Waals surface area contributed by atoms with Crippen LogP contribution in [0.3, 0.4) is 0 Å². The molecule has 0 atom stereocenters. The molecule has 0 saturated carbocycles. The van der Waals surface area contributed by atoms with E-state index >= 15 is 0 Å². The number of nitrogens with one attached hydrogen (secondary N) is 2. The molecule has 2 aromatic rings. The molecule has 0 spiro atoms. The summed E-state index contributed by atoms with van der Waals surface area (Å²) in [5.74, 6) is 2.05. The van der Waals surface area contributed by atoms with Gasteiger partial charge in [-0.2, -0.15) is 0 Å². The number of ether oxygens (including phenoxy) is 2. The lowest BCUT2D eigenvalue weighted by Gasteiger charge is -2.14. The van der Waals surface area contributed by atoms with Crippen molar-refractivity contribution in [1.29, 1.82) is 0 Å². The third-order valence-corrected chi connectivity index (χ3v) is 4.84. The Labute approximate surface area is 193 Å². The van der Waals surface area contributed by atoms with Crippen molar-refractivity contribution >= 4 is 41.7 Å². The van der Waals surface area contributed by atoms with E-state index in [0.29, 0.717) is 25.6 Å². The number of halogens is 2. The fourth-order valence-corrected chi connectivity index (χ4v) is 3.16.